The van der Waals surface area contributed by atoms with Gasteiger partial charge in [0, 0.05) is 6.04 Å². The van der Waals surface area contributed by atoms with Crippen molar-refractivity contribution < 1.29 is 9.53 Å². The van der Waals surface area contributed by atoms with E-state index in [0.29, 0.717) is 11.5 Å². The molecule has 0 heterocycles. The maximum absolute atomic E-state index is 11.6. The molecule has 0 radical (unpaired) electrons. The summed E-state index contributed by atoms with van der Waals surface area (Å²) < 4.78 is 4.76. The summed E-state index contributed by atoms with van der Waals surface area (Å²) in [7, 11) is 1.39. The molecule has 0 bridgehead atoms. The number of ether oxygens (including phenoxy) is 1. The lowest BCUT2D eigenvalue weighted by molar-refractivity contribution is 0.0599. The van der Waals surface area contributed by atoms with E-state index in [9.17, 15) is 4.79 Å². The zero-order chi connectivity index (χ0) is 12.8. The van der Waals surface area contributed by atoms with Crippen molar-refractivity contribution >= 4 is 18.4 Å². The Bertz CT molecular complexity index is 380. The number of halogens is 1. The van der Waals surface area contributed by atoms with Crippen molar-refractivity contribution in [3.8, 4) is 0 Å². The second-order valence-electron chi connectivity index (χ2n) is 4.66. The Labute approximate surface area is 115 Å². The first-order valence-corrected chi connectivity index (χ1v) is 5.99. The lowest BCUT2D eigenvalue weighted by Crippen LogP contribution is -2.16. The minimum Gasteiger partial charge on any atom is -0.465 e. The molecule has 2 N–H and O–H groups in total. The molecule has 0 amide bonds. The van der Waals surface area contributed by atoms with Gasteiger partial charge in [-0.05, 0) is 30.4 Å². The number of carbonyl (C=O) groups excluding carboxylic acids is 1. The molecule has 0 aromatic heterocycles. The van der Waals surface area contributed by atoms with Crippen LogP contribution in [0.2, 0.25) is 0 Å². The van der Waals surface area contributed by atoms with Gasteiger partial charge >= 0.3 is 5.97 Å². The van der Waals surface area contributed by atoms with E-state index in [1.165, 1.54) is 7.11 Å². The van der Waals surface area contributed by atoms with Crippen LogP contribution in [0, 0.1) is 5.92 Å². The SMILES string of the molecule is COC(=O)c1ccccc1[C@@H](N)CCC(C)C.Cl. The van der Waals surface area contributed by atoms with Gasteiger partial charge in [0.15, 0.2) is 0 Å². The fourth-order valence-electron chi connectivity index (χ4n) is 1.78. The molecule has 1 rings (SSSR count). The molecule has 0 fully saturated rings. The third-order valence-electron chi connectivity index (χ3n) is 2.82. The number of nitrogens with two attached hydrogens (primary N) is 1. The smallest absolute Gasteiger partial charge is 0.338 e. The molecule has 0 aliphatic heterocycles. The Hall–Kier alpha value is -1.06. The van der Waals surface area contributed by atoms with Gasteiger partial charge in [-0.15, -0.1) is 12.4 Å². The normalized spacial score (nSPS) is 11.8. The highest BCUT2D eigenvalue weighted by molar-refractivity contribution is 5.91. The summed E-state index contributed by atoms with van der Waals surface area (Å²) >= 11 is 0. The van der Waals surface area contributed by atoms with Crippen LogP contribution in [0.15, 0.2) is 24.3 Å². The maximum atomic E-state index is 11.6. The second kappa shape index (κ2) is 8.11. The number of esters is 1. The quantitative estimate of drug-likeness (QED) is 0.836. The molecule has 3 nitrogen and oxygen atoms in total. The first-order chi connectivity index (χ1) is 8.06. The second-order valence-corrected chi connectivity index (χ2v) is 4.66. The fourth-order valence-corrected chi connectivity index (χ4v) is 1.78. The Morgan fingerprint density at radius 1 is 1.28 bits per heavy atom. The van der Waals surface area contributed by atoms with Crippen molar-refractivity contribution in [2.24, 2.45) is 11.7 Å². The number of hydrogen-bond donors (Lipinski definition) is 1. The average Bonchev–Trinajstić information content (AvgIpc) is 2.34. The number of hydrogen-bond acceptors (Lipinski definition) is 3. The van der Waals surface area contributed by atoms with Gasteiger partial charge in [0.2, 0.25) is 0 Å². The molecular formula is C14H22ClNO2. The van der Waals surface area contributed by atoms with E-state index in [2.05, 4.69) is 13.8 Å². The van der Waals surface area contributed by atoms with Crippen LogP contribution < -0.4 is 5.73 Å². The van der Waals surface area contributed by atoms with E-state index in [1.807, 2.05) is 18.2 Å². The van der Waals surface area contributed by atoms with Crippen LogP contribution in [0.4, 0.5) is 0 Å². The number of methoxy groups -OCH3 is 1. The van der Waals surface area contributed by atoms with Crippen molar-refractivity contribution in [1.82, 2.24) is 0 Å². The predicted octanol–water partition coefficient (Wildman–Crippen LogP) is 3.33. The molecule has 0 saturated heterocycles. The molecule has 1 aromatic carbocycles. The van der Waals surface area contributed by atoms with E-state index in [1.54, 1.807) is 6.07 Å². The van der Waals surface area contributed by atoms with Crippen molar-refractivity contribution in [3.05, 3.63) is 35.4 Å². The lowest BCUT2D eigenvalue weighted by atomic mass is 9.95. The Kier molecular flexibility index (Phi) is 7.64. The zero-order valence-corrected chi connectivity index (χ0v) is 12.0. The third-order valence-corrected chi connectivity index (χ3v) is 2.82. The lowest BCUT2D eigenvalue weighted by Gasteiger charge is -2.16. The molecule has 0 aliphatic rings. The molecule has 0 saturated carbocycles. The van der Waals surface area contributed by atoms with Gasteiger partial charge in [0.25, 0.3) is 0 Å². The highest BCUT2D eigenvalue weighted by atomic mass is 35.5. The maximum Gasteiger partial charge on any atom is 0.338 e. The van der Waals surface area contributed by atoms with Crippen molar-refractivity contribution in [2.45, 2.75) is 32.7 Å². The molecule has 102 valence electrons. The summed E-state index contributed by atoms with van der Waals surface area (Å²) in [6.45, 7) is 4.33. The topological polar surface area (TPSA) is 52.3 Å². The van der Waals surface area contributed by atoms with Gasteiger partial charge in [0.05, 0.1) is 12.7 Å². The van der Waals surface area contributed by atoms with Crippen molar-refractivity contribution in [1.29, 1.82) is 0 Å². The largest absolute Gasteiger partial charge is 0.465 e. The average molecular weight is 272 g/mol. The predicted molar refractivity (Wildman–Crippen MR) is 76.0 cm³/mol. The monoisotopic (exact) mass is 271 g/mol. The molecule has 0 aliphatic carbocycles. The Morgan fingerprint density at radius 3 is 2.44 bits per heavy atom. The summed E-state index contributed by atoms with van der Waals surface area (Å²) in [5.41, 5.74) is 7.58. The third kappa shape index (κ3) is 4.67. The highest BCUT2D eigenvalue weighted by Crippen LogP contribution is 2.22. The Morgan fingerprint density at radius 2 is 1.89 bits per heavy atom. The van der Waals surface area contributed by atoms with E-state index in [-0.39, 0.29) is 24.4 Å². The number of carbonyl (C=O) groups is 1. The van der Waals surface area contributed by atoms with Gasteiger partial charge in [-0.3, -0.25) is 0 Å². The molecular weight excluding hydrogens is 250 g/mol. The van der Waals surface area contributed by atoms with Gasteiger partial charge in [-0.2, -0.15) is 0 Å². The van der Waals surface area contributed by atoms with Gasteiger partial charge in [-0.1, -0.05) is 32.0 Å². The van der Waals surface area contributed by atoms with E-state index >= 15 is 0 Å². The van der Waals surface area contributed by atoms with Crippen LogP contribution >= 0.6 is 12.4 Å². The van der Waals surface area contributed by atoms with Gasteiger partial charge < -0.3 is 10.5 Å². The van der Waals surface area contributed by atoms with Gasteiger partial charge in [0.1, 0.15) is 0 Å². The van der Waals surface area contributed by atoms with E-state index in [4.69, 9.17) is 10.5 Å². The molecule has 0 spiro atoms. The molecule has 4 heteroatoms. The molecule has 0 unspecified atom stereocenters. The van der Waals surface area contributed by atoms with Crippen LogP contribution in [0.5, 0.6) is 0 Å². The Balaban J connectivity index is 0.00000289. The minimum absolute atomic E-state index is 0. The zero-order valence-electron chi connectivity index (χ0n) is 11.2. The molecule has 18 heavy (non-hydrogen) atoms. The summed E-state index contributed by atoms with van der Waals surface area (Å²) in [5.74, 6) is 0.298. The minimum atomic E-state index is -0.319. The van der Waals surface area contributed by atoms with Crippen molar-refractivity contribution in [2.75, 3.05) is 7.11 Å². The number of rotatable bonds is 5. The molecule has 1 atom stereocenters. The van der Waals surface area contributed by atoms with Crippen LogP contribution in [-0.4, -0.2) is 13.1 Å². The van der Waals surface area contributed by atoms with Gasteiger partial charge in [-0.25, -0.2) is 4.79 Å². The van der Waals surface area contributed by atoms with Crippen molar-refractivity contribution in [3.63, 3.8) is 0 Å². The van der Waals surface area contributed by atoms with Crippen LogP contribution in [0.3, 0.4) is 0 Å². The fraction of sp³-hybridized carbons (Fsp3) is 0.500. The standard InChI is InChI=1S/C14H21NO2.ClH/c1-10(2)8-9-13(15)11-6-4-5-7-12(11)14(16)17-3;/h4-7,10,13H,8-9,15H2,1-3H3;1H/t13-;/m0./s1. The van der Waals surface area contributed by atoms with Crippen LogP contribution in [0.1, 0.15) is 48.7 Å². The first-order valence-electron chi connectivity index (χ1n) is 5.99. The van der Waals surface area contributed by atoms with E-state index in [0.717, 1.165) is 18.4 Å². The first kappa shape index (κ1) is 16.9. The van der Waals surface area contributed by atoms with E-state index < -0.39 is 0 Å². The summed E-state index contributed by atoms with van der Waals surface area (Å²) in [6, 6.07) is 7.28. The summed E-state index contributed by atoms with van der Waals surface area (Å²) in [4.78, 5) is 11.6. The summed E-state index contributed by atoms with van der Waals surface area (Å²) in [5, 5.41) is 0. The molecule has 1 aromatic rings. The van der Waals surface area contributed by atoms with Crippen LogP contribution in [0.25, 0.3) is 0 Å². The van der Waals surface area contributed by atoms with Crippen LogP contribution in [-0.2, 0) is 4.74 Å². The number of benzene rings is 1. The highest BCUT2D eigenvalue weighted by Gasteiger charge is 2.16. The summed E-state index contributed by atoms with van der Waals surface area (Å²) in [6.07, 6.45) is 1.93.